The van der Waals surface area contributed by atoms with Crippen molar-refractivity contribution in [2.45, 2.75) is 6.92 Å². The monoisotopic (exact) mass is 219 g/mol. The fourth-order valence-corrected chi connectivity index (χ4v) is 1.11. The van der Waals surface area contributed by atoms with Crippen molar-refractivity contribution < 1.29 is 14.1 Å². The van der Waals surface area contributed by atoms with Crippen molar-refractivity contribution >= 4 is 5.97 Å². The van der Waals surface area contributed by atoms with Gasteiger partial charge in [0.25, 0.3) is 11.7 Å². The molecular weight excluding hydrogens is 210 g/mol. The molecule has 0 bridgehead atoms. The lowest BCUT2D eigenvalue weighted by molar-refractivity contribution is 0.0508. The van der Waals surface area contributed by atoms with Crippen molar-refractivity contribution in [1.82, 2.24) is 15.1 Å². The van der Waals surface area contributed by atoms with Gasteiger partial charge in [-0.15, -0.1) is 0 Å². The number of rotatable bonds is 3. The molecule has 0 radical (unpaired) electrons. The molecule has 0 saturated heterocycles. The third kappa shape index (κ3) is 2.05. The Bertz CT molecular complexity index is 481. The molecule has 2 aromatic heterocycles. The molecule has 0 atom stereocenters. The standard InChI is InChI=1S/C10H9N3O3/c1-2-15-10(14)8-12-9(16-13-8)7-3-5-11-6-4-7/h3-6H,2H2,1H3. The van der Waals surface area contributed by atoms with Crippen LogP contribution in [-0.4, -0.2) is 27.7 Å². The number of ether oxygens (including phenoxy) is 1. The largest absolute Gasteiger partial charge is 0.460 e. The summed E-state index contributed by atoms with van der Waals surface area (Å²) in [6.07, 6.45) is 3.20. The molecule has 6 heteroatoms. The minimum Gasteiger partial charge on any atom is -0.460 e. The Balaban J connectivity index is 2.23. The fraction of sp³-hybridized carbons (Fsp3) is 0.200. The molecule has 0 aliphatic heterocycles. The second kappa shape index (κ2) is 4.52. The topological polar surface area (TPSA) is 78.1 Å². The Morgan fingerprint density at radius 2 is 2.19 bits per heavy atom. The highest BCUT2D eigenvalue weighted by Crippen LogP contribution is 2.15. The Morgan fingerprint density at radius 1 is 1.44 bits per heavy atom. The van der Waals surface area contributed by atoms with E-state index in [1.807, 2.05) is 0 Å². The van der Waals surface area contributed by atoms with E-state index in [4.69, 9.17) is 9.26 Å². The number of nitrogens with zero attached hydrogens (tertiary/aromatic N) is 3. The highest BCUT2D eigenvalue weighted by molar-refractivity contribution is 5.85. The number of carbonyl (C=O) groups is 1. The van der Waals surface area contributed by atoms with Crippen LogP contribution in [0.15, 0.2) is 29.0 Å². The van der Waals surface area contributed by atoms with Crippen LogP contribution in [0.4, 0.5) is 0 Å². The average molecular weight is 219 g/mol. The summed E-state index contributed by atoms with van der Waals surface area (Å²) in [5.41, 5.74) is 0.707. The lowest BCUT2D eigenvalue weighted by Crippen LogP contribution is -2.06. The van der Waals surface area contributed by atoms with E-state index in [0.717, 1.165) is 0 Å². The van der Waals surface area contributed by atoms with E-state index >= 15 is 0 Å². The summed E-state index contributed by atoms with van der Waals surface area (Å²) in [4.78, 5) is 19.0. The minimum absolute atomic E-state index is 0.0753. The van der Waals surface area contributed by atoms with Gasteiger partial charge < -0.3 is 9.26 Å². The van der Waals surface area contributed by atoms with Crippen LogP contribution in [0.25, 0.3) is 11.5 Å². The lowest BCUT2D eigenvalue weighted by Gasteiger charge is -1.93. The maximum absolute atomic E-state index is 11.3. The predicted molar refractivity (Wildman–Crippen MR) is 53.5 cm³/mol. The van der Waals surface area contributed by atoms with Gasteiger partial charge in [-0.05, 0) is 24.2 Å². The molecule has 0 unspecified atom stereocenters. The Morgan fingerprint density at radius 3 is 2.88 bits per heavy atom. The Hall–Kier alpha value is -2.24. The van der Waals surface area contributed by atoms with Gasteiger partial charge in [0, 0.05) is 18.0 Å². The molecule has 2 rings (SSSR count). The van der Waals surface area contributed by atoms with Gasteiger partial charge in [-0.25, -0.2) is 4.79 Å². The first-order valence-electron chi connectivity index (χ1n) is 4.72. The number of aromatic nitrogens is 3. The van der Waals surface area contributed by atoms with Crippen LogP contribution in [-0.2, 0) is 4.74 Å². The van der Waals surface area contributed by atoms with E-state index in [1.165, 1.54) is 0 Å². The molecule has 82 valence electrons. The molecule has 0 spiro atoms. The molecule has 2 aromatic rings. The fourth-order valence-electron chi connectivity index (χ4n) is 1.11. The molecule has 0 aromatic carbocycles. The number of esters is 1. The minimum atomic E-state index is -0.591. The molecule has 0 aliphatic rings. The summed E-state index contributed by atoms with van der Waals surface area (Å²) < 4.78 is 9.67. The summed E-state index contributed by atoms with van der Waals surface area (Å²) in [6, 6.07) is 3.42. The van der Waals surface area contributed by atoms with Crippen LogP contribution in [0.3, 0.4) is 0 Å². The van der Waals surface area contributed by atoms with Crippen LogP contribution in [0.2, 0.25) is 0 Å². The highest BCUT2D eigenvalue weighted by atomic mass is 16.5. The van der Waals surface area contributed by atoms with Crippen molar-refractivity contribution in [3.8, 4) is 11.5 Å². The first-order chi connectivity index (χ1) is 7.81. The molecule has 0 aliphatic carbocycles. The maximum atomic E-state index is 11.3. The number of hydrogen-bond donors (Lipinski definition) is 0. The summed E-state index contributed by atoms with van der Waals surface area (Å²) in [5, 5.41) is 3.53. The average Bonchev–Trinajstić information content (AvgIpc) is 2.80. The highest BCUT2D eigenvalue weighted by Gasteiger charge is 2.16. The first-order valence-corrected chi connectivity index (χ1v) is 4.72. The van der Waals surface area contributed by atoms with Crippen molar-refractivity contribution in [2.75, 3.05) is 6.61 Å². The summed E-state index contributed by atoms with van der Waals surface area (Å²) in [5.74, 6) is -0.398. The normalized spacial score (nSPS) is 10.1. The van der Waals surface area contributed by atoms with Crippen molar-refractivity contribution in [1.29, 1.82) is 0 Å². The van der Waals surface area contributed by atoms with Crippen LogP contribution in [0.5, 0.6) is 0 Å². The smallest absolute Gasteiger partial charge is 0.379 e. The summed E-state index contributed by atoms with van der Waals surface area (Å²) in [7, 11) is 0. The number of pyridine rings is 1. The maximum Gasteiger partial charge on any atom is 0.379 e. The van der Waals surface area contributed by atoms with Gasteiger partial charge in [-0.2, -0.15) is 4.98 Å². The van der Waals surface area contributed by atoms with Gasteiger partial charge in [0.15, 0.2) is 0 Å². The van der Waals surface area contributed by atoms with E-state index in [9.17, 15) is 4.79 Å². The van der Waals surface area contributed by atoms with Crippen molar-refractivity contribution in [3.63, 3.8) is 0 Å². The molecule has 0 amide bonds. The third-order valence-electron chi connectivity index (χ3n) is 1.81. The lowest BCUT2D eigenvalue weighted by atomic mass is 10.3. The van der Waals surface area contributed by atoms with Crippen molar-refractivity contribution in [3.05, 3.63) is 30.4 Å². The van der Waals surface area contributed by atoms with Crippen LogP contribution >= 0.6 is 0 Å². The zero-order valence-corrected chi connectivity index (χ0v) is 8.58. The Kier molecular flexibility index (Phi) is 2.90. The van der Waals surface area contributed by atoms with Gasteiger partial charge in [-0.1, -0.05) is 0 Å². The summed E-state index contributed by atoms with van der Waals surface area (Å²) in [6.45, 7) is 1.99. The van der Waals surface area contributed by atoms with Gasteiger partial charge >= 0.3 is 5.97 Å². The second-order valence-corrected chi connectivity index (χ2v) is 2.88. The second-order valence-electron chi connectivity index (χ2n) is 2.88. The summed E-state index contributed by atoms with van der Waals surface area (Å²) >= 11 is 0. The van der Waals surface area contributed by atoms with E-state index in [1.54, 1.807) is 31.5 Å². The first kappa shape index (κ1) is 10.3. The van der Waals surface area contributed by atoms with Gasteiger partial charge in [0.05, 0.1) is 6.61 Å². The van der Waals surface area contributed by atoms with E-state index < -0.39 is 5.97 Å². The van der Waals surface area contributed by atoms with Gasteiger partial charge in [0.2, 0.25) is 0 Å². The molecule has 0 fully saturated rings. The van der Waals surface area contributed by atoms with E-state index in [0.29, 0.717) is 5.56 Å². The third-order valence-corrected chi connectivity index (χ3v) is 1.81. The zero-order valence-electron chi connectivity index (χ0n) is 8.58. The zero-order chi connectivity index (χ0) is 11.4. The molecule has 2 heterocycles. The molecule has 16 heavy (non-hydrogen) atoms. The molecule has 6 nitrogen and oxygen atoms in total. The SMILES string of the molecule is CCOC(=O)c1noc(-c2ccncc2)n1. The van der Waals surface area contributed by atoms with E-state index in [2.05, 4.69) is 15.1 Å². The van der Waals surface area contributed by atoms with Crippen LogP contribution in [0, 0.1) is 0 Å². The number of carbonyl (C=O) groups excluding carboxylic acids is 1. The predicted octanol–water partition coefficient (Wildman–Crippen LogP) is 1.31. The molecule has 0 saturated carbocycles. The van der Waals surface area contributed by atoms with Gasteiger partial charge in [0.1, 0.15) is 0 Å². The molecule has 0 N–H and O–H groups in total. The van der Waals surface area contributed by atoms with Gasteiger partial charge in [-0.3, -0.25) is 4.98 Å². The van der Waals surface area contributed by atoms with Crippen molar-refractivity contribution in [2.24, 2.45) is 0 Å². The molecular formula is C10H9N3O3. The van der Waals surface area contributed by atoms with Crippen LogP contribution < -0.4 is 0 Å². The van der Waals surface area contributed by atoms with E-state index in [-0.39, 0.29) is 18.3 Å². The van der Waals surface area contributed by atoms with Crippen LogP contribution in [0.1, 0.15) is 17.5 Å². The quantitative estimate of drug-likeness (QED) is 0.724. The number of hydrogen-bond acceptors (Lipinski definition) is 6. The Labute approximate surface area is 91.3 Å².